The Bertz CT molecular complexity index is 1270. The van der Waals surface area contributed by atoms with Gasteiger partial charge in [0.2, 0.25) is 0 Å². The Morgan fingerprint density at radius 1 is 1.32 bits per heavy atom. The van der Waals surface area contributed by atoms with Gasteiger partial charge in [-0.05, 0) is 55.4 Å². The summed E-state index contributed by atoms with van der Waals surface area (Å²) in [4.78, 5) is 23.5. The Labute approximate surface area is 187 Å². The average Bonchev–Trinajstić information content (AvgIpc) is 3.27. The number of allylic oxidation sites excluding steroid dienone is 4. The number of carbonyl (C=O) groups excluding carboxylic acids is 1. The van der Waals surface area contributed by atoms with Crippen LogP contribution < -0.4 is 10.0 Å². The van der Waals surface area contributed by atoms with Crippen LogP contribution in [0.25, 0.3) is 0 Å². The van der Waals surface area contributed by atoms with Crippen LogP contribution in [0.3, 0.4) is 0 Å². The Morgan fingerprint density at radius 2 is 2.03 bits per heavy atom. The number of hydrogen-bond acceptors (Lipinski definition) is 7. The fourth-order valence-electron chi connectivity index (χ4n) is 3.03. The van der Waals surface area contributed by atoms with Crippen LogP contribution in [0.15, 0.2) is 55.4 Å². The Kier molecular flexibility index (Phi) is 6.39. The average molecular weight is 484 g/mol. The number of thiophene rings is 1. The molecule has 12 heteroatoms. The van der Waals surface area contributed by atoms with Crippen LogP contribution in [0.5, 0.6) is 0 Å². The first kappa shape index (κ1) is 22.8. The fourth-order valence-corrected chi connectivity index (χ4v) is 5.52. The van der Waals surface area contributed by atoms with Crippen molar-refractivity contribution in [2.24, 2.45) is 0 Å². The van der Waals surface area contributed by atoms with Gasteiger partial charge >= 0.3 is 5.97 Å². The summed E-state index contributed by atoms with van der Waals surface area (Å²) < 4.78 is 32.7. The fraction of sp³-hybridized carbons (Fsp3) is 0.211. The predicted molar refractivity (Wildman–Crippen MR) is 116 cm³/mol. The van der Waals surface area contributed by atoms with Gasteiger partial charge in [-0.25, -0.2) is 17.9 Å². The summed E-state index contributed by atoms with van der Waals surface area (Å²) in [5.41, 5.74) is 2.85. The summed E-state index contributed by atoms with van der Waals surface area (Å²) in [6.07, 6.45) is 3.12. The number of aryl methyl sites for hydroxylation is 1. The standard InChI is InChI=1S/C19H18ClN3O6S2/c1-9-6-12(8-14(24)25)7-10(2)16(9)21-18(26)17-13(4-5-30-17)31(27,28)23-19-15(20)11(3)22-29-19/h4-6,8,23H,7H2,1-3H3,(H,21,26)(H,24,25). The molecule has 0 atom stereocenters. The van der Waals surface area contributed by atoms with Crippen LogP contribution in [0, 0.1) is 6.92 Å². The van der Waals surface area contributed by atoms with Crippen molar-refractivity contribution < 1.29 is 27.6 Å². The predicted octanol–water partition coefficient (Wildman–Crippen LogP) is 3.86. The van der Waals surface area contributed by atoms with E-state index in [0.29, 0.717) is 29.0 Å². The summed E-state index contributed by atoms with van der Waals surface area (Å²) in [7, 11) is -4.17. The minimum atomic E-state index is -4.17. The molecule has 1 aliphatic carbocycles. The second-order valence-electron chi connectivity index (χ2n) is 6.80. The number of aromatic nitrogens is 1. The molecule has 164 valence electrons. The zero-order chi connectivity index (χ0) is 22.9. The quantitative estimate of drug-likeness (QED) is 0.530. The molecule has 0 radical (unpaired) electrons. The molecular formula is C19H18ClN3O6S2. The molecule has 0 aromatic carbocycles. The van der Waals surface area contributed by atoms with Crippen LogP contribution in [0.1, 0.15) is 35.6 Å². The number of carbonyl (C=O) groups is 2. The molecule has 2 aromatic heterocycles. The van der Waals surface area contributed by atoms with Gasteiger partial charge in [0.1, 0.15) is 20.5 Å². The molecule has 0 aliphatic heterocycles. The van der Waals surface area contributed by atoms with E-state index in [9.17, 15) is 18.0 Å². The van der Waals surface area contributed by atoms with Crippen molar-refractivity contribution in [3.8, 4) is 0 Å². The lowest BCUT2D eigenvalue weighted by Gasteiger charge is -2.20. The molecule has 2 heterocycles. The number of hydrogen-bond donors (Lipinski definition) is 3. The van der Waals surface area contributed by atoms with E-state index in [1.807, 2.05) is 0 Å². The highest BCUT2D eigenvalue weighted by atomic mass is 35.5. The number of nitrogens with zero attached hydrogens (tertiary/aromatic N) is 1. The highest BCUT2D eigenvalue weighted by molar-refractivity contribution is 7.93. The van der Waals surface area contributed by atoms with Crippen molar-refractivity contribution >= 4 is 50.7 Å². The van der Waals surface area contributed by atoms with Crippen molar-refractivity contribution in [3.63, 3.8) is 0 Å². The first-order valence-corrected chi connectivity index (χ1v) is 11.6. The Morgan fingerprint density at radius 3 is 2.61 bits per heavy atom. The van der Waals surface area contributed by atoms with Crippen molar-refractivity contribution in [2.45, 2.75) is 32.1 Å². The Balaban J connectivity index is 1.85. The van der Waals surface area contributed by atoms with Crippen molar-refractivity contribution in [1.29, 1.82) is 0 Å². The van der Waals surface area contributed by atoms with Gasteiger partial charge in [0.25, 0.3) is 21.8 Å². The number of carboxylic acids is 1. The number of rotatable bonds is 6. The van der Waals surface area contributed by atoms with Crippen LogP contribution in [0.4, 0.5) is 5.88 Å². The molecule has 31 heavy (non-hydrogen) atoms. The minimum absolute atomic E-state index is 0.0266. The van der Waals surface area contributed by atoms with Gasteiger partial charge < -0.3 is 14.9 Å². The number of nitrogens with one attached hydrogen (secondary N) is 2. The van der Waals surface area contributed by atoms with E-state index in [-0.39, 0.29) is 20.7 Å². The molecule has 0 fully saturated rings. The maximum absolute atomic E-state index is 12.9. The van der Waals surface area contributed by atoms with E-state index >= 15 is 0 Å². The Hall–Kier alpha value is -2.89. The van der Waals surface area contributed by atoms with Crippen molar-refractivity contribution in [2.75, 3.05) is 4.72 Å². The maximum Gasteiger partial charge on any atom is 0.328 e. The van der Waals surface area contributed by atoms with E-state index in [0.717, 1.165) is 23.0 Å². The van der Waals surface area contributed by atoms with Gasteiger partial charge in [-0.2, -0.15) is 0 Å². The second-order valence-corrected chi connectivity index (χ2v) is 9.75. The second kappa shape index (κ2) is 8.69. The number of aliphatic carboxylic acids is 1. The van der Waals surface area contributed by atoms with Crippen molar-refractivity contribution in [3.05, 3.63) is 61.6 Å². The van der Waals surface area contributed by atoms with Gasteiger partial charge in [-0.3, -0.25) is 4.79 Å². The molecule has 0 spiro atoms. The van der Waals surface area contributed by atoms with E-state index in [1.54, 1.807) is 26.8 Å². The normalized spacial score (nSPS) is 15.7. The monoisotopic (exact) mass is 483 g/mol. The maximum atomic E-state index is 12.9. The molecule has 9 nitrogen and oxygen atoms in total. The van der Waals surface area contributed by atoms with Gasteiger partial charge in [-0.15, -0.1) is 11.3 Å². The molecule has 2 aromatic rings. The number of amides is 1. The van der Waals surface area contributed by atoms with Crippen molar-refractivity contribution in [1.82, 2.24) is 10.5 Å². The number of anilines is 1. The lowest BCUT2D eigenvalue weighted by Crippen LogP contribution is -2.27. The highest BCUT2D eigenvalue weighted by Gasteiger charge is 2.28. The van der Waals surface area contributed by atoms with Gasteiger partial charge in [-0.1, -0.05) is 22.8 Å². The third kappa shape index (κ3) is 4.89. The van der Waals surface area contributed by atoms with Gasteiger partial charge in [0, 0.05) is 11.8 Å². The van der Waals surface area contributed by atoms with Gasteiger partial charge in [0.05, 0.1) is 0 Å². The lowest BCUT2D eigenvalue weighted by atomic mass is 9.93. The van der Waals surface area contributed by atoms with Crippen LogP contribution in [-0.2, 0) is 14.8 Å². The van der Waals surface area contributed by atoms with Crippen LogP contribution in [-0.4, -0.2) is 30.6 Å². The molecule has 1 aliphatic rings. The smallest absolute Gasteiger partial charge is 0.328 e. The minimum Gasteiger partial charge on any atom is -0.478 e. The third-order valence-electron chi connectivity index (χ3n) is 4.38. The summed E-state index contributed by atoms with van der Waals surface area (Å²) >= 11 is 6.93. The largest absolute Gasteiger partial charge is 0.478 e. The third-order valence-corrected chi connectivity index (χ3v) is 7.24. The molecule has 0 saturated heterocycles. The molecule has 0 saturated carbocycles. The zero-order valence-corrected chi connectivity index (χ0v) is 19.0. The van der Waals surface area contributed by atoms with Gasteiger partial charge in [0.15, 0.2) is 0 Å². The number of halogens is 1. The molecule has 3 rings (SSSR count). The summed E-state index contributed by atoms with van der Waals surface area (Å²) in [6, 6.07) is 1.30. The molecule has 0 bridgehead atoms. The SMILES string of the molecule is CC1=CC(=CC(=O)O)CC(C)=C1NC(=O)c1sccc1S(=O)(=O)Nc1onc(C)c1Cl. The highest BCUT2D eigenvalue weighted by Crippen LogP contribution is 2.31. The number of sulfonamides is 1. The van der Waals surface area contributed by atoms with E-state index in [4.69, 9.17) is 21.2 Å². The van der Waals surface area contributed by atoms with E-state index in [1.165, 1.54) is 11.4 Å². The molecule has 0 unspecified atom stereocenters. The topological polar surface area (TPSA) is 139 Å². The molecule has 3 N–H and O–H groups in total. The zero-order valence-electron chi connectivity index (χ0n) is 16.6. The van der Waals surface area contributed by atoms with E-state index < -0.39 is 21.9 Å². The first-order chi connectivity index (χ1) is 14.5. The number of carboxylic acid groups (broad SMARTS) is 1. The summed E-state index contributed by atoms with van der Waals surface area (Å²) in [6.45, 7) is 5.06. The lowest BCUT2D eigenvalue weighted by molar-refractivity contribution is -0.131. The van der Waals surface area contributed by atoms with Crippen LogP contribution >= 0.6 is 22.9 Å². The van der Waals surface area contributed by atoms with E-state index in [2.05, 4.69) is 15.2 Å². The molecule has 1 amide bonds. The first-order valence-electron chi connectivity index (χ1n) is 8.85. The summed E-state index contributed by atoms with van der Waals surface area (Å²) in [5, 5.41) is 16.8. The van der Waals surface area contributed by atoms with Crippen LogP contribution in [0.2, 0.25) is 5.02 Å². The molecular weight excluding hydrogens is 466 g/mol. The summed E-state index contributed by atoms with van der Waals surface area (Å²) in [5.74, 6) is -1.90.